The molecule has 0 bridgehead atoms. The Labute approximate surface area is 124 Å². The second-order valence-electron chi connectivity index (χ2n) is 5.94. The van der Waals surface area contributed by atoms with E-state index in [0.29, 0.717) is 17.1 Å². The second kappa shape index (κ2) is 5.71. The Morgan fingerprint density at radius 3 is 1.90 bits per heavy atom. The van der Waals surface area contributed by atoms with Gasteiger partial charge in [0, 0.05) is 13.1 Å². The molecule has 0 aliphatic carbocycles. The van der Waals surface area contributed by atoms with Crippen LogP contribution in [0.4, 0.5) is 8.78 Å². The molecule has 10 heteroatoms. The molecule has 0 aromatic rings. The lowest BCUT2D eigenvalue weighted by atomic mass is 9.72. The molecular weight excluding hydrogens is 328 g/mol. The summed E-state index contributed by atoms with van der Waals surface area (Å²) in [6.07, 6.45) is 1.57. The van der Waals surface area contributed by atoms with Gasteiger partial charge in [0.1, 0.15) is 0 Å². The quantitative estimate of drug-likeness (QED) is 0.703. The van der Waals surface area contributed by atoms with Gasteiger partial charge in [-0.25, -0.2) is 16.8 Å². The SMILES string of the molecule is CCC(C)(C)C1CCN(S(=O)(=O)C(F)(F)S(=O)(=O)[O-])CC1. The van der Waals surface area contributed by atoms with E-state index >= 15 is 0 Å². The van der Waals surface area contributed by atoms with Crippen molar-refractivity contribution in [1.82, 2.24) is 4.31 Å². The fourth-order valence-corrected chi connectivity index (χ4v) is 4.79. The van der Waals surface area contributed by atoms with Crippen molar-refractivity contribution >= 4 is 20.1 Å². The van der Waals surface area contributed by atoms with Crippen LogP contribution in [0.25, 0.3) is 0 Å². The van der Waals surface area contributed by atoms with Crippen molar-refractivity contribution in [3.8, 4) is 0 Å². The number of halogens is 2. The Morgan fingerprint density at radius 1 is 1.14 bits per heavy atom. The summed E-state index contributed by atoms with van der Waals surface area (Å²) in [6, 6.07) is 0. The molecule has 0 N–H and O–H groups in total. The van der Waals surface area contributed by atoms with Gasteiger partial charge >= 0.3 is 4.59 Å². The van der Waals surface area contributed by atoms with E-state index in [9.17, 15) is 30.2 Å². The zero-order valence-corrected chi connectivity index (χ0v) is 13.8. The molecule has 0 aromatic heterocycles. The molecule has 0 spiro atoms. The molecule has 0 aromatic carbocycles. The van der Waals surface area contributed by atoms with Crippen LogP contribution in [0.1, 0.15) is 40.0 Å². The van der Waals surface area contributed by atoms with E-state index in [1.165, 1.54) is 0 Å². The van der Waals surface area contributed by atoms with Crippen LogP contribution >= 0.6 is 0 Å². The second-order valence-corrected chi connectivity index (χ2v) is 9.60. The van der Waals surface area contributed by atoms with E-state index < -0.39 is 24.7 Å². The number of rotatable bonds is 5. The molecule has 0 unspecified atom stereocenters. The molecule has 0 saturated carbocycles. The van der Waals surface area contributed by atoms with Gasteiger partial charge in [0.15, 0.2) is 10.1 Å². The Kier molecular flexibility index (Phi) is 5.09. The zero-order chi connectivity index (χ0) is 16.7. The molecule has 1 aliphatic heterocycles. The van der Waals surface area contributed by atoms with Crippen LogP contribution in [0.2, 0.25) is 0 Å². The molecule has 0 amide bonds. The molecule has 1 rings (SSSR count). The molecule has 0 radical (unpaired) electrons. The fourth-order valence-electron chi connectivity index (χ4n) is 2.45. The standard InChI is InChI=1S/C11H21F2NO5S2/c1-4-10(2,3)9-5-7-14(8-6-9)20(15,16)11(12,13)21(17,18)19/h9H,4-8H2,1-3H3,(H,17,18,19)/p-1. The minimum Gasteiger partial charge on any atom is -0.742 e. The van der Waals surface area contributed by atoms with Gasteiger partial charge in [0.25, 0.3) is 10.0 Å². The lowest BCUT2D eigenvalue weighted by molar-refractivity contribution is 0.117. The largest absolute Gasteiger partial charge is 0.742 e. The van der Waals surface area contributed by atoms with Crippen LogP contribution in [0.5, 0.6) is 0 Å². The van der Waals surface area contributed by atoms with Crippen LogP contribution < -0.4 is 0 Å². The van der Waals surface area contributed by atoms with Gasteiger partial charge < -0.3 is 4.55 Å². The van der Waals surface area contributed by atoms with E-state index in [1.807, 2.05) is 20.8 Å². The van der Waals surface area contributed by atoms with Gasteiger partial charge in [-0.1, -0.05) is 27.2 Å². The van der Waals surface area contributed by atoms with Crippen molar-refractivity contribution in [3.63, 3.8) is 0 Å². The molecule has 126 valence electrons. The first kappa shape index (κ1) is 18.7. The maximum absolute atomic E-state index is 13.4. The minimum absolute atomic E-state index is 0.0526. The summed E-state index contributed by atoms with van der Waals surface area (Å²) < 4.78 is 76.7. The number of alkyl halides is 2. The van der Waals surface area contributed by atoms with Gasteiger partial charge in [0.2, 0.25) is 0 Å². The maximum atomic E-state index is 13.4. The van der Waals surface area contributed by atoms with Crippen molar-refractivity contribution in [2.24, 2.45) is 11.3 Å². The highest BCUT2D eigenvalue weighted by atomic mass is 32.3. The number of sulfonamides is 1. The molecule has 1 aliphatic rings. The van der Waals surface area contributed by atoms with E-state index in [4.69, 9.17) is 0 Å². The smallest absolute Gasteiger partial charge is 0.447 e. The van der Waals surface area contributed by atoms with Gasteiger partial charge in [-0.2, -0.15) is 13.1 Å². The van der Waals surface area contributed by atoms with Gasteiger partial charge in [-0.15, -0.1) is 0 Å². The van der Waals surface area contributed by atoms with Crippen molar-refractivity contribution in [3.05, 3.63) is 0 Å². The van der Waals surface area contributed by atoms with Crippen molar-refractivity contribution in [2.45, 2.75) is 44.6 Å². The predicted octanol–water partition coefficient (Wildman–Crippen LogP) is 1.56. The first-order valence-corrected chi connectivity index (χ1v) is 9.45. The van der Waals surface area contributed by atoms with Crippen molar-refractivity contribution < 1.29 is 30.2 Å². The number of piperidine rings is 1. The molecule has 1 saturated heterocycles. The van der Waals surface area contributed by atoms with E-state index in [-0.39, 0.29) is 24.4 Å². The highest BCUT2D eigenvalue weighted by Crippen LogP contribution is 2.40. The Hall–Kier alpha value is -0.320. The summed E-state index contributed by atoms with van der Waals surface area (Å²) in [6.45, 7) is 5.60. The van der Waals surface area contributed by atoms with E-state index in [2.05, 4.69) is 0 Å². The molecule has 0 atom stereocenters. The summed E-state index contributed by atoms with van der Waals surface area (Å²) in [5, 5.41) is 0. The van der Waals surface area contributed by atoms with Gasteiger partial charge in [-0.3, -0.25) is 0 Å². The highest BCUT2D eigenvalue weighted by molar-refractivity contribution is 8.06. The number of hydrogen-bond acceptors (Lipinski definition) is 5. The van der Waals surface area contributed by atoms with Crippen LogP contribution in [0, 0.1) is 11.3 Å². The maximum Gasteiger partial charge on any atom is 0.447 e. The molecular formula is C11H20F2NO5S2-. The monoisotopic (exact) mass is 348 g/mol. The summed E-state index contributed by atoms with van der Waals surface area (Å²) in [4.78, 5) is 0. The zero-order valence-electron chi connectivity index (χ0n) is 12.2. The third-order valence-corrected chi connectivity index (χ3v) is 7.87. The lowest BCUT2D eigenvalue weighted by Gasteiger charge is -2.40. The third kappa shape index (κ3) is 3.38. The first-order valence-electron chi connectivity index (χ1n) is 6.60. The first-order chi connectivity index (χ1) is 9.27. The average molecular weight is 348 g/mol. The number of nitrogens with zero attached hydrogens (tertiary/aromatic N) is 1. The van der Waals surface area contributed by atoms with Crippen LogP contribution in [0.15, 0.2) is 0 Å². The highest BCUT2D eigenvalue weighted by Gasteiger charge is 2.55. The Balaban J connectivity index is 2.93. The topological polar surface area (TPSA) is 94.6 Å². The minimum atomic E-state index is -6.27. The summed E-state index contributed by atoms with van der Waals surface area (Å²) >= 11 is 0. The fraction of sp³-hybridized carbons (Fsp3) is 1.00. The normalized spacial score (nSPS) is 20.7. The Morgan fingerprint density at radius 2 is 1.57 bits per heavy atom. The summed E-state index contributed by atoms with van der Waals surface area (Å²) in [5.41, 5.74) is -0.0526. The summed E-state index contributed by atoms with van der Waals surface area (Å²) in [7, 11) is -11.8. The molecule has 6 nitrogen and oxygen atoms in total. The van der Waals surface area contributed by atoms with Gasteiger partial charge in [0.05, 0.1) is 0 Å². The molecule has 21 heavy (non-hydrogen) atoms. The Bertz CT molecular complexity index is 578. The van der Waals surface area contributed by atoms with E-state index in [0.717, 1.165) is 6.42 Å². The van der Waals surface area contributed by atoms with Gasteiger partial charge in [-0.05, 0) is 24.2 Å². The van der Waals surface area contributed by atoms with E-state index in [1.54, 1.807) is 0 Å². The average Bonchev–Trinajstić information content (AvgIpc) is 2.37. The number of hydrogen-bond donors (Lipinski definition) is 0. The third-order valence-electron chi connectivity index (χ3n) is 4.40. The lowest BCUT2D eigenvalue weighted by Crippen LogP contribution is -2.51. The summed E-state index contributed by atoms with van der Waals surface area (Å²) in [5.74, 6) is 0.159. The molecule has 1 fully saturated rings. The van der Waals surface area contributed by atoms with Crippen molar-refractivity contribution in [1.29, 1.82) is 0 Å². The predicted molar refractivity (Wildman–Crippen MR) is 71.9 cm³/mol. The molecule has 1 heterocycles. The van der Waals surface area contributed by atoms with Crippen LogP contribution in [-0.4, -0.2) is 43.4 Å². The van der Waals surface area contributed by atoms with Crippen LogP contribution in [0.3, 0.4) is 0 Å². The van der Waals surface area contributed by atoms with Crippen molar-refractivity contribution in [2.75, 3.05) is 13.1 Å². The van der Waals surface area contributed by atoms with Crippen LogP contribution in [-0.2, 0) is 20.1 Å².